The van der Waals surface area contributed by atoms with E-state index >= 15 is 0 Å². The molecular formula is C11H16N4O. The normalized spacial score (nSPS) is 9.62. The number of anilines is 1. The van der Waals surface area contributed by atoms with Crippen LogP contribution in [0.5, 0.6) is 5.75 Å². The molecule has 0 saturated heterocycles. The summed E-state index contributed by atoms with van der Waals surface area (Å²) < 4.78 is 5.34. The maximum Gasteiger partial charge on any atom is 0.142 e. The van der Waals surface area contributed by atoms with Crippen LogP contribution in [-0.4, -0.2) is 30.7 Å². The van der Waals surface area contributed by atoms with Crippen molar-refractivity contribution in [3.63, 3.8) is 0 Å². The van der Waals surface area contributed by atoms with E-state index in [0.29, 0.717) is 23.6 Å². The van der Waals surface area contributed by atoms with Crippen LogP contribution in [0, 0.1) is 10.8 Å². The zero-order chi connectivity index (χ0) is 12.1. The first-order valence-corrected chi connectivity index (χ1v) is 4.94. The van der Waals surface area contributed by atoms with E-state index < -0.39 is 0 Å². The molecule has 5 nitrogen and oxygen atoms in total. The fourth-order valence-electron chi connectivity index (χ4n) is 1.23. The summed E-state index contributed by atoms with van der Waals surface area (Å²) in [7, 11) is 1.64. The number of rotatable bonds is 4. The molecule has 4 N–H and O–H groups in total. The van der Waals surface area contributed by atoms with Crippen LogP contribution in [0.25, 0.3) is 0 Å². The molecule has 0 aliphatic carbocycles. The van der Waals surface area contributed by atoms with Crippen molar-refractivity contribution < 1.29 is 4.74 Å². The predicted octanol–water partition coefficient (Wildman–Crippen LogP) is 1.53. The van der Waals surface area contributed by atoms with Gasteiger partial charge in [-0.1, -0.05) is 0 Å². The van der Waals surface area contributed by atoms with Crippen LogP contribution >= 0.6 is 0 Å². The molecule has 1 rings (SSSR count). The smallest absolute Gasteiger partial charge is 0.142 e. The van der Waals surface area contributed by atoms with Crippen molar-refractivity contribution >= 4 is 17.9 Å². The molecule has 1 aromatic carbocycles. The van der Waals surface area contributed by atoms with Crippen LogP contribution in [0.15, 0.2) is 18.2 Å². The van der Waals surface area contributed by atoms with Gasteiger partial charge < -0.3 is 15.4 Å². The monoisotopic (exact) mass is 220 g/mol. The lowest BCUT2D eigenvalue weighted by Crippen LogP contribution is -2.24. The standard InChI is InChI=1S/C11H16N4O/c1-3-16-10-6-8(4-5-9(10)13)11(14)15(2)7-12/h4-7,12,14H,3,13H2,1-2H3. The maximum absolute atomic E-state index is 7.81. The van der Waals surface area contributed by atoms with Gasteiger partial charge in [0.2, 0.25) is 0 Å². The van der Waals surface area contributed by atoms with Crippen molar-refractivity contribution in [3.05, 3.63) is 23.8 Å². The van der Waals surface area contributed by atoms with Gasteiger partial charge in [0, 0.05) is 12.6 Å². The van der Waals surface area contributed by atoms with Crippen molar-refractivity contribution in [3.8, 4) is 5.75 Å². The van der Waals surface area contributed by atoms with Gasteiger partial charge in [-0.25, -0.2) is 0 Å². The Labute approximate surface area is 94.8 Å². The maximum atomic E-state index is 7.81. The second kappa shape index (κ2) is 5.16. The van der Waals surface area contributed by atoms with E-state index in [1.54, 1.807) is 25.2 Å². The minimum absolute atomic E-state index is 0.232. The molecule has 5 heteroatoms. The Morgan fingerprint density at radius 2 is 2.25 bits per heavy atom. The first-order chi connectivity index (χ1) is 7.60. The summed E-state index contributed by atoms with van der Waals surface area (Å²) >= 11 is 0. The van der Waals surface area contributed by atoms with Crippen molar-refractivity contribution in [2.24, 2.45) is 0 Å². The van der Waals surface area contributed by atoms with Crippen molar-refractivity contribution in [2.75, 3.05) is 19.4 Å². The minimum atomic E-state index is 0.232. The van der Waals surface area contributed by atoms with E-state index in [4.69, 9.17) is 21.3 Å². The van der Waals surface area contributed by atoms with Gasteiger partial charge in [0.15, 0.2) is 0 Å². The number of nitrogen functional groups attached to an aromatic ring is 1. The minimum Gasteiger partial charge on any atom is -0.492 e. The summed E-state index contributed by atoms with van der Waals surface area (Å²) in [4.78, 5) is 1.40. The molecule has 0 saturated carbocycles. The van der Waals surface area contributed by atoms with Gasteiger partial charge in [0.25, 0.3) is 0 Å². The van der Waals surface area contributed by atoms with Gasteiger partial charge in [-0.05, 0) is 25.1 Å². The molecule has 0 radical (unpaired) electrons. The van der Waals surface area contributed by atoms with Gasteiger partial charge >= 0.3 is 0 Å². The van der Waals surface area contributed by atoms with Gasteiger partial charge in [-0.2, -0.15) is 0 Å². The van der Waals surface area contributed by atoms with E-state index in [1.807, 2.05) is 6.92 Å². The molecule has 0 atom stereocenters. The highest BCUT2D eigenvalue weighted by Gasteiger charge is 2.08. The summed E-state index contributed by atoms with van der Waals surface area (Å²) in [6.45, 7) is 2.41. The lowest BCUT2D eigenvalue weighted by molar-refractivity contribution is 0.342. The van der Waals surface area contributed by atoms with E-state index in [9.17, 15) is 0 Å². The Morgan fingerprint density at radius 1 is 1.56 bits per heavy atom. The highest BCUT2D eigenvalue weighted by atomic mass is 16.5. The van der Waals surface area contributed by atoms with Crippen molar-refractivity contribution in [1.29, 1.82) is 10.8 Å². The van der Waals surface area contributed by atoms with Gasteiger partial charge in [0.1, 0.15) is 11.6 Å². The lowest BCUT2D eigenvalue weighted by atomic mass is 10.1. The molecule has 86 valence electrons. The average Bonchev–Trinajstić information content (AvgIpc) is 2.30. The number of nitrogens with zero attached hydrogens (tertiary/aromatic N) is 1. The van der Waals surface area contributed by atoms with E-state index in [0.717, 1.165) is 6.34 Å². The molecular weight excluding hydrogens is 204 g/mol. The number of hydrogen-bond acceptors (Lipinski definition) is 4. The molecule has 0 spiro atoms. The van der Waals surface area contributed by atoms with E-state index in [1.165, 1.54) is 4.90 Å². The van der Waals surface area contributed by atoms with E-state index in [2.05, 4.69) is 0 Å². The Morgan fingerprint density at radius 3 is 2.81 bits per heavy atom. The SMILES string of the molecule is CCOc1cc(C(=N)N(C)C=N)ccc1N. The molecule has 0 aromatic heterocycles. The molecule has 0 fully saturated rings. The Kier molecular flexibility index (Phi) is 3.88. The number of benzene rings is 1. The van der Waals surface area contributed by atoms with Gasteiger partial charge in [-0.3, -0.25) is 10.8 Å². The Bertz CT molecular complexity index is 403. The lowest BCUT2D eigenvalue weighted by Gasteiger charge is -2.15. The number of ether oxygens (including phenoxy) is 1. The van der Waals surface area contributed by atoms with Gasteiger partial charge in [-0.15, -0.1) is 0 Å². The summed E-state index contributed by atoms with van der Waals surface area (Å²) in [5.41, 5.74) is 6.95. The second-order valence-electron chi connectivity index (χ2n) is 3.27. The molecule has 0 unspecified atom stereocenters. The fraction of sp³-hybridized carbons (Fsp3) is 0.273. The second-order valence-corrected chi connectivity index (χ2v) is 3.27. The number of nitrogens with two attached hydrogens (primary N) is 1. The molecule has 0 aliphatic rings. The average molecular weight is 220 g/mol. The van der Waals surface area contributed by atoms with Crippen molar-refractivity contribution in [1.82, 2.24) is 4.90 Å². The van der Waals surface area contributed by atoms with E-state index in [-0.39, 0.29) is 5.84 Å². The summed E-state index contributed by atoms with van der Waals surface area (Å²) in [6, 6.07) is 5.15. The highest BCUT2D eigenvalue weighted by molar-refractivity contribution is 6.02. The largest absolute Gasteiger partial charge is 0.492 e. The summed E-state index contributed by atoms with van der Waals surface area (Å²) in [5, 5.41) is 14.9. The molecule has 0 aliphatic heterocycles. The summed E-state index contributed by atoms with van der Waals surface area (Å²) in [5.74, 6) is 0.805. The molecule has 16 heavy (non-hydrogen) atoms. The fourth-order valence-corrected chi connectivity index (χ4v) is 1.23. The molecule has 1 aromatic rings. The predicted molar refractivity (Wildman–Crippen MR) is 65.4 cm³/mol. The first kappa shape index (κ1) is 12.0. The Balaban J connectivity index is 3.02. The summed E-state index contributed by atoms with van der Waals surface area (Å²) in [6.07, 6.45) is 1.08. The molecule has 0 bridgehead atoms. The van der Waals surface area contributed by atoms with Crippen LogP contribution in [0.4, 0.5) is 5.69 Å². The molecule has 0 amide bonds. The number of amidine groups is 1. The first-order valence-electron chi connectivity index (χ1n) is 4.94. The topological polar surface area (TPSA) is 86.2 Å². The number of hydrogen-bond donors (Lipinski definition) is 3. The third kappa shape index (κ3) is 2.50. The third-order valence-corrected chi connectivity index (χ3v) is 2.13. The Hall–Kier alpha value is -2.04. The number of nitrogens with one attached hydrogen (secondary N) is 2. The van der Waals surface area contributed by atoms with Crippen LogP contribution in [-0.2, 0) is 0 Å². The van der Waals surface area contributed by atoms with Crippen LogP contribution < -0.4 is 10.5 Å². The van der Waals surface area contributed by atoms with Gasteiger partial charge in [0.05, 0.1) is 18.6 Å². The third-order valence-electron chi connectivity index (χ3n) is 2.13. The van der Waals surface area contributed by atoms with Crippen LogP contribution in [0.2, 0.25) is 0 Å². The molecule has 0 heterocycles. The van der Waals surface area contributed by atoms with Crippen LogP contribution in [0.1, 0.15) is 12.5 Å². The highest BCUT2D eigenvalue weighted by Crippen LogP contribution is 2.23. The zero-order valence-corrected chi connectivity index (χ0v) is 9.45. The van der Waals surface area contributed by atoms with Crippen LogP contribution in [0.3, 0.4) is 0 Å². The zero-order valence-electron chi connectivity index (χ0n) is 9.45. The quantitative estimate of drug-likeness (QED) is 0.408. The van der Waals surface area contributed by atoms with Crippen molar-refractivity contribution in [2.45, 2.75) is 6.92 Å².